The second-order valence-corrected chi connectivity index (χ2v) is 5.80. The van der Waals surface area contributed by atoms with Crippen LogP contribution in [0.3, 0.4) is 0 Å². The number of nitrogens with one attached hydrogen (secondary N) is 2. The fourth-order valence-corrected chi connectivity index (χ4v) is 2.69. The van der Waals surface area contributed by atoms with Crippen LogP contribution in [0.2, 0.25) is 0 Å². The summed E-state index contributed by atoms with van der Waals surface area (Å²) in [6, 6.07) is 2.27. The Kier molecular flexibility index (Phi) is 5.17. The molecule has 0 saturated heterocycles. The van der Waals surface area contributed by atoms with Gasteiger partial charge in [-0.05, 0) is 38.4 Å². The highest BCUT2D eigenvalue weighted by Gasteiger charge is 2.20. The summed E-state index contributed by atoms with van der Waals surface area (Å²) in [6.07, 6.45) is 1.91. The molecule has 1 aliphatic rings. The molecule has 0 aromatic carbocycles. The highest BCUT2D eigenvalue weighted by Crippen LogP contribution is 2.22. The van der Waals surface area contributed by atoms with Gasteiger partial charge >= 0.3 is 0 Å². The maximum atomic E-state index is 12.1. The molecular weight excluding hydrogens is 264 g/mol. The van der Waals surface area contributed by atoms with E-state index in [0.717, 1.165) is 38.2 Å². The van der Waals surface area contributed by atoms with E-state index in [4.69, 9.17) is 4.98 Å². The molecule has 1 amide bonds. The van der Waals surface area contributed by atoms with Crippen molar-refractivity contribution in [1.82, 2.24) is 15.2 Å². The van der Waals surface area contributed by atoms with Gasteiger partial charge in [-0.25, -0.2) is 4.98 Å². The van der Waals surface area contributed by atoms with Gasteiger partial charge in [0.05, 0.1) is 5.56 Å². The van der Waals surface area contributed by atoms with Gasteiger partial charge in [0, 0.05) is 38.3 Å². The van der Waals surface area contributed by atoms with Gasteiger partial charge in [0.15, 0.2) is 0 Å². The monoisotopic (exact) mass is 290 g/mol. The van der Waals surface area contributed by atoms with Crippen molar-refractivity contribution in [2.45, 2.75) is 39.7 Å². The van der Waals surface area contributed by atoms with Gasteiger partial charge in [0.1, 0.15) is 5.82 Å². The molecule has 5 heteroatoms. The van der Waals surface area contributed by atoms with Gasteiger partial charge in [-0.3, -0.25) is 4.79 Å². The minimum atomic E-state index is -0.0787. The second kappa shape index (κ2) is 6.89. The van der Waals surface area contributed by atoms with Crippen LogP contribution in [0.25, 0.3) is 0 Å². The van der Waals surface area contributed by atoms with Crippen LogP contribution in [-0.2, 0) is 12.8 Å². The van der Waals surface area contributed by atoms with Gasteiger partial charge in [-0.1, -0.05) is 6.92 Å². The quantitative estimate of drug-likeness (QED) is 0.886. The Bertz CT molecular complexity index is 513. The van der Waals surface area contributed by atoms with Crippen LogP contribution < -0.4 is 10.6 Å². The first-order valence-electron chi connectivity index (χ1n) is 7.78. The predicted octanol–water partition coefficient (Wildman–Crippen LogP) is 1.68. The van der Waals surface area contributed by atoms with Crippen molar-refractivity contribution < 1.29 is 4.79 Å². The van der Waals surface area contributed by atoms with Gasteiger partial charge in [0.2, 0.25) is 0 Å². The van der Waals surface area contributed by atoms with Crippen molar-refractivity contribution in [3.05, 3.63) is 22.9 Å². The molecule has 1 aromatic heterocycles. The molecule has 5 nitrogen and oxygen atoms in total. The number of nitrogens with zero attached hydrogens (tertiary/aromatic N) is 2. The lowest BCUT2D eigenvalue weighted by atomic mass is 10.0. The average Bonchev–Trinajstić information content (AvgIpc) is 2.66. The summed E-state index contributed by atoms with van der Waals surface area (Å²) in [4.78, 5) is 19.3. The molecule has 1 aromatic rings. The number of anilines is 1. The summed E-state index contributed by atoms with van der Waals surface area (Å²) in [5, 5.41) is 6.01. The molecule has 2 heterocycles. The Balaban J connectivity index is 2.38. The van der Waals surface area contributed by atoms with E-state index in [-0.39, 0.29) is 11.9 Å². The average molecular weight is 290 g/mol. The molecule has 0 atom stereocenters. The Labute approximate surface area is 127 Å². The summed E-state index contributed by atoms with van der Waals surface area (Å²) in [6.45, 7) is 9.43. The number of hydrogen-bond donors (Lipinski definition) is 2. The van der Waals surface area contributed by atoms with Crippen LogP contribution in [-0.4, -0.2) is 48.5 Å². The van der Waals surface area contributed by atoms with Crippen LogP contribution >= 0.6 is 0 Å². The highest BCUT2D eigenvalue weighted by molar-refractivity contribution is 5.98. The van der Waals surface area contributed by atoms with E-state index in [9.17, 15) is 4.79 Å². The number of hydrogen-bond acceptors (Lipinski definition) is 4. The zero-order chi connectivity index (χ0) is 15.4. The molecular formula is C16H26N4O. The smallest absolute Gasteiger partial charge is 0.254 e. The first-order chi connectivity index (χ1) is 10.0. The predicted molar refractivity (Wildman–Crippen MR) is 85.9 cm³/mol. The third-order valence-electron chi connectivity index (χ3n) is 3.90. The van der Waals surface area contributed by atoms with Gasteiger partial charge < -0.3 is 15.5 Å². The fraction of sp³-hybridized carbons (Fsp3) is 0.625. The van der Waals surface area contributed by atoms with Crippen molar-refractivity contribution >= 4 is 11.7 Å². The number of carbonyl (C=O) groups excluding carboxylic acids is 1. The van der Waals surface area contributed by atoms with Gasteiger partial charge in [-0.2, -0.15) is 0 Å². The maximum absolute atomic E-state index is 12.1. The fourth-order valence-electron chi connectivity index (χ4n) is 2.69. The molecule has 1 aliphatic heterocycles. The molecule has 0 spiro atoms. The standard InChI is InChI=1S/C16H26N4O/c1-5-20-8-6-12-10-13(16(21)17-4)15(18-11(2)3)19-14(12)7-9-20/h10-11H,5-9H2,1-4H3,(H,17,21)(H,18,19). The lowest BCUT2D eigenvalue weighted by molar-refractivity contribution is 0.0963. The Morgan fingerprint density at radius 3 is 2.71 bits per heavy atom. The Morgan fingerprint density at radius 1 is 1.38 bits per heavy atom. The van der Waals surface area contributed by atoms with Crippen molar-refractivity contribution in [1.29, 1.82) is 0 Å². The Morgan fingerprint density at radius 2 is 2.10 bits per heavy atom. The minimum absolute atomic E-state index is 0.0787. The van der Waals surface area contributed by atoms with Crippen LogP contribution in [0, 0.1) is 0 Å². The first kappa shape index (κ1) is 15.8. The number of aromatic nitrogens is 1. The van der Waals surface area contributed by atoms with E-state index in [1.807, 2.05) is 6.07 Å². The summed E-state index contributed by atoms with van der Waals surface area (Å²) in [5.74, 6) is 0.623. The van der Waals surface area contributed by atoms with Crippen LogP contribution in [0.1, 0.15) is 42.4 Å². The molecule has 0 bridgehead atoms. The van der Waals surface area contributed by atoms with Crippen molar-refractivity contribution in [3.63, 3.8) is 0 Å². The molecule has 0 aliphatic carbocycles. The molecule has 0 radical (unpaired) electrons. The largest absolute Gasteiger partial charge is 0.367 e. The van der Waals surface area contributed by atoms with Crippen molar-refractivity contribution in [2.75, 3.05) is 32.0 Å². The maximum Gasteiger partial charge on any atom is 0.254 e. The van der Waals surface area contributed by atoms with Gasteiger partial charge in [0.25, 0.3) is 5.91 Å². The number of likely N-dealkylation sites (N-methyl/N-ethyl adjacent to an activating group) is 1. The van der Waals surface area contributed by atoms with Gasteiger partial charge in [-0.15, -0.1) is 0 Å². The number of fused-ring (bicyclic) bond motifs is 1. The SMILES string of the molecule is CCN1CCc2cc(C(=O)NC)c(NC(C)C)nc2CC1. The molecule has 0 saturated carbocycles. The van der Waals surface area contributed by atoms with Crippen LogP contribution in [0.5, 0.6) is 0 Å². The van der Waals surface area contributed by atoms with E-state index >= 15 is 0 Å². The summed E-state index contributed by atoms with van der Waals surface area (Å²) in [7, 11) is 1.66. The van der Waals surface area contributed by atoms with Crippen molar-refractivity contribution in [3.8, 4) is 0 Å². The number of amides is 1. The zero-order valence-electron chi connectivity index (χ0n) is 13.5. The van der Waals surface area contributed by atoms with E-state index in [1.54, 1.807) is 7.05 Å². The van der Waals surface area contributed by atoms with E-state index in [1.165, 1.54) is 5.56 Å². The van der Waals surface area contributed by atoms with Crippen LogP contribution in [0.15, 0.2) is 6.07 Å². The molecule has 116 valence electrons. The zero-order valence-corrected chi connectivity index (χ0v) is 13.5. The molecule has 2 N–H and O–H groups in total. The van der Waals surface area contributed by atoms with E-state index < -0.39 is 0 Å². The molecule has 0 unspecified atom stereocenters. The first-order valence-corrected chi connectivity index (χ1v) is 7.78. The lowest BCUT2D eigenvalue weighted by Gasteiger charge is -2.16. The third-order valence-corrected chi connectivity index (χ3v) is 3.90. The Hall–Kier alpha value is -1.62. The number of pyridine rings is 1. The summed E-state index contributed by atoms with van der Waals surface area (Å²) >= 11 is 0. The van der Waals surface area contributed by atoms with Crippen LogP contribution in [0.4, 0.5) is 5.82 Å². The number of carbonyl (C=O) groups is 1. The molecule has 2 rings (SSSR count). The summed E-state index contributed by atoms with van der Waals surface area (Å²) in [5.41, 5.74) is 2.98. The second-order valence-electron chi connectivity index (χ2n) is 5.80. The topological polar surface area (TPSA) is 57.3 Å². The molecule has 21 heavy (non-hydrogen) atoms. The van der Waals surface area contributed by atoms with E-state index in [2.05, 4.69) is 36.3 Å². The lowest BCUT2D eigenvalue weighted by Crippen LogP contribution is -2.25. The third kappa shape index (κ3) is 3.73. The summed E-state index contributed by atoms with van der Waals surface area (Å²) < 4.78 is 0. The normalized spacial score (nSPS) is 15.5. The molecule has 0 fully saturated rings. The highest BCUT2D eigenvalue weighted by atomic mass is 16.1. The van der Waals surface area contributed by atoms with E-state index in [0.29, 0.717) is 11.4 Å². The number of rotatable bonds is 4. The van der Waals surface area contributed by atoms with Crippen molar-refractivity contribution in [2.24, 2.45) is 0 Å². The minimum Gasteiger partial charge on any atom is -0.367 e.